The third-order valence-electron chi connectivity index (χ3n) is 1.31. The molecule has 14 heavy (non-hydrogen) atoms. The average molecular weight is 218 g/mol. The van der Waals surface area contributed by atoms with Gasteiger partial charge in [0.1, 0.15) is 5.75 Å². The summed E-state index contributed by atoms with van der Waals surface area (Å²) in [6.45, 7) is 1.27. The first-order chi connectivity index (χ1) is 6.09. The number of ether oxygens (including phenoxy) is 1. The van der Waals surface area contributed by atoms with Crippen molar-refractivity contribution in [2.24, 2.45) is 0 Å². The fourth-order valence-corrected chi connectivity index (χ4v) is 0.802. The second-order valence-electron chi connectivity index (χ2n) is 2.34. The predicted octanol–water partition coefficient (Wildman–Crippen LogP) is 1.94. The number of hydrogen-bond acceptors (Lipinski definition) is 4. The third kappa shape index (κ3) is 3.40. The SMILES string of the molecule is CC(=O)Oc1ccc([N+](=O)[O-])cc1.Cl. The summed E-state index contributed by atoms with van der Waals surface area (Å²) < 4.78 is 4.69. The van der Waals surface area contributed by atoms with Crippen LogP contribution in [-0.2, 0) is 4.79 Å². The number of benzene rings is 1. The fraction of sp³-hybridized carbons (Fsp3) is 0.125. The summed E-state index contributed by atoms with van der Waals surface area (Å²) in [5, 5.41) is 10.2. The molecule has 0 radical (unpaired) electrons. The summed E-state index contributed by atoms with van der Waals surface area (Å²) in [5.41, 5.74) is -0.0316. The van der Waals surface area contributed by atoms with E-state index in [4.69, 9.17) is 0 Å². The van der Waals surface area contributed by atoms with Crippen molar-refractivity contribution in [2.75, 3.05) is 0 Å². The largest absolute Gasteiger partial charge is 0.427 e. The Morgan fingerprint density at radius 1 is 1.36 bits per heavy atom. The Labute approximate surface area is 86.2 Å². The lowest BCUT2D eigenvalue weighted by Crippen LogP contribution is -2.01. The molecule has 6 heteroatoms. The van der Waals surface area contributed by atoms with E-state index in [9.17, 15) is 14.9 Å². The summed E-state index contributed by atoms with van der Waals surface area (Å²) >= 11 is 0. The molecule has 76 valence electrons. The highest BCUT2D eigenvalue weighted by Gasteiger charge is 2.04. The van der Waals surface area contributed by atoms with Gasteiger partial charge in [0.25, 0.3) is 5.69 Å². The van der Waals surface area contributed by atoms with Gasteiger partial charge in [-0.25, -0.2) is 0 Å². The van der Waals surface area contributed by atoms with Gasteiger partial charge in [-0.2, -0.15) is 0 Å². The predicted molar refractivity (Wildman–Crippen MR) is 51.7 cm³/mol. The molecule has 0 aliphatic rings. The van der Waals surface area contributed by atoms with Crippen LogP contribution in [0.4, 0.5) is 5.69 Å². The number of rotatable bonds is 2. The highest BCUT2D eigenvalue weighted by atomic mass is 35.5. The van der Waals surface area contributed by atoms with E-state index < -0.39 is 10.9 Å². The summed E-state index contributed by atoms with van der Waals surface area (Å²) in [7, 11) is 0. The van der Waals surface area contributed by atoms with E-state index in [1.165, 1.54) is 31.2 Å². The number of non-ortho nitro benzene ring substituents is 1. The molecule has 0 saturated carbocycles. The smallest absolute Gasteiger partial charge is 0.308 e. The number of hydrogen-bond donors (Lipinski definition) is 0. The van der Waals surface area contributed by atoms with Crippen LogP contribution < -0.4 is 4.74 Å². The monoisotopic (exact) mass is 217 g/mol. The van der Waals surface area contributed by atoms with Gasteiger partial charge in [-0.15, -0.1) is 12.4 Å². The lowest BCUT2D eigenvalue weighted by molar-refractivity contribution is -0.384. The maximum atomic E-state index is 10.5. The zero-order chi connectivity index (χ0) is 9.84. The first-order valence-electron chi connectivity index (χ1n) is 3.52. The molecule has 1 aromatic carbocycles. The standard InChI is InChI=1S/C8H7NO4.ClH/c1-6(10)13-8-4-2-7(3-5-8)9(11)12;/h2-5H,1H3;1H. The Morgan fingerprint density at radius 3 is 2.21 bits per heavy atom. The summed E-state index contributed by atoms with van der Waals surface area (Å²) in [6.07, 6.45) is 0. The summed E-state index contributed by atoms with van der Waals surface area (Å²) in [4.78, 5) is 20.2. The molecule has 1 rings (SSSR count). The van der Waals surface area contributed by atoms with Crippen LogP contribution in [-0.4, -0.2) is 10.9 Å². The molecule has 0 heterocycles. The van der Waals surface area contributed by atoms with Gasteiger partial charge < -0.3 is 4.74 Å². The van der Waals surface area contributed by atoms with Crippen molar-refractivity contribution in [1.82, 2.24) is 0 Å². The number of halogens is 1. The van der Waals surface area contributed by atoms with Crippen LogP contribution in [0.5, 0.6) is 5.75 Å². The van der Waals surface area contributed by atoms with E-state index in [-0.39, 0.29) is 18.1 Å². The number of carbonyl (C=O) groups is 1. The minimum atomic E-state index is -0.516. The molecule has 0 atom stereocenters. The van der Waals surface area contributed by atoms with Crippen LogP contribution in [0.3, 0.4) is 0 Å². The zero-order valence-electron chi connectivity index (χ0n) is 7.30. The van der Waals surface area contributed by atoms with E-state index in [1.807, 2.05) is 0 Å². The van der Waals surface area contributed by atoms with Crippen molar-refractivity contribution in [3.05, 3.63) is 34.4 Å². The van der Waals surface area contributed by atoms with Crippen molar-refractivity contribution in [1.29, 1.82) is 0 Å². The molecular formula is C8H8ClNO4. The van der Waals surface area contributed by atoms with E-state index >= 15 is 0 Å². The second-order valence-corrected chi connectivity index (χ2v) is 2.34. The molecule has 0 aliphatic heterocycles. The van der Waals surface area contributed by atoms with Crippen molar-refractivity contribution in [3.63, 3.8) is 0 Å². The molecular weight excluding hydrogens is 210 g/mol. The van der Waals surface area contributed by atoms with Gasteiger partial charge in [0.2, 0.25) is 0 Å². The van der Waals surface area contributed by atoms with E-state index in [0.717, 1.165) is 0 Å². The molecule has 5 nitrogen and oxygen atoms in total. The quantitative estimate of drug-likeness (QED) is 0.329. The van der Waals surface area contributed by atoms with Crippen molar-refractivity contribution in [3.8, 4) is 5.75 Å². The van der Waals surface area contributed by atoms with Crippen LogP contribution in [0.1, 0.15) is 6.92 Å². The van der Waals surface area contributed by atoms with Gasteiger partial charge in [-0.05, 0) is 12.1 Å². The van der Waals surface area contributed by atoms with Gasteiger partial charge in [0.05, 0.1) is 4.92 Å². The minimum absolute atomic E-state index is 0. The zero-order valence-corrected chi connectivity index (χ0v) is 8.11. The summed E-state index contributed by atoms with van der Waals surface area (Å²) in [5.74, 6) is -0.146. The van der Waals surface area contributed by atoms with E-state index in [1.54, 1.807) is 0 Å². The first kappa shape index (κ1) is 12.4. The molecule has 0 saturated heterocycles. The van der Waals surface area contributed by atoms with Gasteiger partial charge in [0, 0.05) is 19.1 Å². The molecule has 0 N–H and O–H groups in total. The van der Waals surface area contributed by atoms with Crippen LogP contribution in [0.2, 0.25) is 0 Å². The summed E-state index contributed by atoms with van der Waals surface area (Å²) in [6, 6.07) is 5.30. The van der Waals surface area contributed by atoms with Crippen molar-refractivity contribution < 1.29 is 14.5 Å². The van der Waals surface area contributed by atoms with E-state index in [2.05, 4.69) is 4.74 Å². The van der Waals surface area contributed by atoms with Crippen molar-refractivity contribution in [2.45, 2.75) is 6.92 Å². The molecule has 0 amide bonds. The normalized spacial score (nSPS) is 8.64. The maximum absolute atomic E-state index is 10.5. The van der Waals surface area contributed by atoms with Crippen LogP contribution in [0, 0.1) is 10.1 Å². The van der Waals surface area contributed by atoms with Crippen LogP contribution >= 0.6 is 12.4 Å². The molecule has 0 aliphatic carbocycles. The average Bonchev–Trinajstić information content (AvgIpc) is 2.04. The lowest BCUT2D eigenvalue weighted by atomic mass is 10.3. The molecule has 0 bridgehead atoms. The Hall–Kier alpha value is -1.62. The highest BCUT2D eigenvalue weighted by molar-refractivity contribution is 5.85. The van der Waals surface area contributed by atoms with Crippen molar-refractivity contribution >= 4 is 24.1 Å². The Bertz CT molecular complexity index is 336. The van der Waals surface area contributed by atoms with Crippen LogP contribution in [0.15, 0.2) is 24.3 Å². The van der Waals surface area contributed by atoms with Gasteiger partial charge >= 0.3 is 5.97 Å². The molecule has 0 fully saturated rings. The maximum Gasteiger partial charge on any atom is 0.308 e. The Kier molecular flexibility index (Phi) is 4.58. The molecule has 0 spiro atoms. The minimum Gasteiger partial charge on any atom is -0.427 e. The van der Waals surface area contributed by atoms with Crippen LogP contribution in [0.25, 0.3) is 0 Å². The number of nitrogens with zero attached hydrogens (tertiary/aromatic N) is 1. The second kappa shape index (κ2) is 5.18. The topological polar surface area (TPSA) is 69.4 Å². The van der Waals surface area contributed by atoms with Gasteiger partial charge in [-0.1, -0.05) is 0 Å². The number of carbonyl (C=O) groups excluding carboxylic acids is 1. The third-order valence-corrected chi connectivity index (χ3v) is 1.31. The lowest BCUT2D eigenvalue weighted by Gasteiger charge is -1.98. The highest BCUT2D eigenvalue weighted by Crippen LogP contribution is 2.17. The number of nitro groups is 1. The molecule has 0 unspecified atom stereocenters. The molecule has 0 aromatic heterocycles. The first-order valence-corrected chi connectivity index (χ1v) is 3.52. The Morgan fingerprint density at radius 2 is 1.86 bits per heavy atom. The number of esters is 1. The fourth-order valence-electron chi connectivity index (χ4n) is 0.802. The van der Waals surface area contributed by atoms with E-state index in [0.29, 0.717) is 5.75 Å². The molecule has 1 aromatic rings. The van der Waals surface area contributed by atoms with Gasteiger partial charge in [-0.3, -0.25) is 14.9 Å². The van der Waals surface area contributed by atoms with Gasteiger partial charge in [0.15, 0.2) is 0 Å². The Balaban J connectivity index is 0.00000169. The number of nitro benzene ring substituents is 1.